The van der Waals surface area contributed by atoms with E-state index in [4.69, 9.17) is 0 Å². The number of fused-ring (bicyclic) bond motifs is 1. The summed E-state index contributed by atoms with van der Waals surface area (Å²) in [6.07, 6.45) is 3.43. The smallest absolute Gasteiger partial charge is 0.0580 e. The first-order chi connectivity index (χ1) is 6.07. The highest BCUT2D eigenvalue weighted by atomic mass is 15.0. The molecule has 1 fully saturated rings. The van der Waals surface area contributed by atoms with Gasteiger partial charge in [0.05, 0.1) is 12.3 Å². The van der Waals surface area contributed by atoms with Gasteiger partial charge in [-0.25, -0.2) is 0 Å². The molecule has 0 radical (unpaired) electrons. The average molecular weight is 178 g/mol. The normalized spacial score (nSPS) is 28.1. The van der Waals surface area contributed by atoms with Gasteiger partial charge in [0.2, 0.25) is 0 Å². The molecule has 0 amide bonds. The highest BCUT2D eigenvalue weighted by molar-refractivity contribution is 6.04. The summed E-state index contributed by atoms with van der Waals surface area (Å²) < 4.78 is 0. The molecule has 0 bridgehead atoms. The molecule has 0 saturated carbocycles. The highest BCUT2D eigenvalue weighted by Crippen LogP contribution is 2.28. The van der Waals surface area contributed by atoms with Crippen LogP contribution in [-0.4, -0.2) is 24.8 Å². The molecule has 13 heavy (non-hydrogen) atoms. The van der Waals surface area contributed by atoms with Crippen LogP contribution in [0.25, 0.3) is 0 Å². The third-order valence-electron chi connectivity index (χ3n) is 2.98. The van der Waals surface area contributed by atoms with Crippen LogP contribution in [0.3, 0.4) is 0 Å². The third kappa shape index (κ3) is 1.68. The number of hydrogen-bond donors (Lipinski definition) is 1. The van der Waals surface area contributed by atoms with Gasteiger partial charge in [-0.3, -0.25) is 4.99 Å². The molecular weight excluding hydrogens is 160 g/mol. The maximum Gasteiger partial charge on any atom is 0.0580 e. The van der Waals surface area contributed by atoms with Gasteiger partial charge in [-0.05, 0) is 17.4 Å². The Balaban J connectivity index is 2.10. The number of piperidine rings is 1. The predicted molar refractivity (Wildman–Crippen MR) is 56.2 cm³/mol. The van der Waals surface area contributed by atoms with Crippen molar-refractivity contribution < 1.29 is 0 Å². The van der Waals surface area contributed by atoms with Crippen molar-refractivity contribution in [3.05, 3.63) is 11.6 Å². The van der Waals surface area contributed by atoms with Crippen LogP contribution in [0.15, 0.2) is 16.6 Å². The minimum absolute atomic E-state index is 0.356. The van der Waals surface area contributed by atoms with Crippen LogP contribution in [-0.2, 0) is 0 Å². The molecule has 1 unspecified atom stereocenters. The van der Waals surface area contributed by atoms with Crippen molar-refractivity contribution in [2.45, 2.75) is 33.2 Å². The lowest BCUT2D eigenvalue weighted by molar-refractivity contribution is 0.271. The van der Waals surface area contributed by atoms with E-state index in [1.54, 1.807) is 0 Å². The van der Waals surface area contributed by atoms with Crippen molar-refractivity contribution >= 4 is 5.71 Å². The van der Waals surface area contributed by atoms with Gasteiger partial charge in [0.1, 0.15) is 0 Å². The van der Waals surface area contributed by atoms with Gasteiger partial charge in [0, 0.05) is 12.6 Å². The molecule has 1 saturated heterocycles. The molecule has 2 nitrogen and oxygen atoms in total. The average Bonchev–Trinajstić information content (AvgIpc) is 2.47. The molecule has 0 aromatic rings. The molecule has 0 spiro atoms. The van der Waals surface area contributed by atoms with E-state index in [-0.39, 0.29) is 0 Å². The molecule has 2 rings (SSSR count). The van der Waals surface area contributed by atoms with Gasteiger partial charge < -0.3 is 5.32 Å². The summed E-state index contributed by atoms with van der Waals surface area (Å²) in [5.41, 5.74) is 3.13. The largest absolute Gasteiger partial charge is 0.308 e. The molecule has 1 N–H and O–H groups in total. The molecule has 1 atom stereocenters. The zero-order valence-electron chi connectivity index (χ0n) is 8.72. The molecule has 0 aliphatic carbocycles. The Morgan fingerprint density at radius 2 is 2.23 bits per heavy atom. The second-order valence-corrected chi connectivity index (χ2v) is 5.02. The van der Waals surface area contributed by atoms with Gasteiger partial charge >= 0.3 is 0 Å². The molecular formula is C11H18N2. The van der Waals surface area contributed by atoms with Crippen LogP contribution in [0.4, 0.5) is 0 Å². The first-order valence-electron chi connectivity index (χ1n) is 5.03. The fourth-order valence-electron chi connectivity index (χ4n) is 1.98. The number of aliphatic imine (C=N–C) groups is 1. The minimum Gasteiger partial charge on any atom is -0.308 e. The fourth-order valence-corrected chi connectivity index (χ4v) is 1.98. The molecule has 0 aromatic heterocycles. The highest BCUT2D eigenvalue weighted by Gasteiger charge is 2.30. The molecule has 72 valence electrons. The van der Waals surface area contributed by atoms with Gasteiger partial charge in [-0.1, -0.05) is 26.8 Å². The number of nitrogens with zero attached hydrogens (tertiary/aromatic N) is 1. The van der Waals surface area contributed by atoms with Crippen molar-refractivity contribution in [1.82, 2.24) is 5.32 Å². The Morgan fingerprint density at radius 3 is 2.92 bits per heavy atom. The van der Waals surface area contributed by atoms with Crippen LogP contribution in [0.2, 0.25) is 0 Å². The van der Waals surface area contributed by atoms with Crippen molar-refractivity contribution in [1.29, 1.82) is 0 Å². The third-order valence-corrected chi connectivity index (χ3v) is 2.98. The van der Waals surface area contributed by atoms with E-state index in [9.17, 15) is 0 Å². The van der Waals surface area contributed by atoms with Gasteiger partial charge in [0.25, 0.3) is 0 Å². The lowest BCUT2D eigenvalue weighted by atomic mass is 9.80. The van der Waals surface area contributed by atoms with E-state index in [2.05, 4.69) is 37.2 Å². The standard InChI is InChI=1S/C11H18N2/c1-11(2,3)10-6-8-4-5-12-9(8)7-13-10/h4,10,13H,5-7H2,1-3H3. The first-order valence-corrected chi connectivity index (χ1v) is 5.03. The number of hydrogen-bond acceptors (Lipinski definition) is 2. The Morgan fingerprint density at radius 1 is 1.46 bits per heavy atom. The van der Waals surface area contributed by atoms with Crippen molar-refractivity contribution in [3.8, 4) is 0 Å². The van der Waals surface area contributed by atoms with Crippen LogP contribution in [0, 0.1) is 5.41 Å². The number of rotatable bonds is 0. The van der Waals surface area contributed by atoms with E-state index in [0.717, 1.165) is 19.5 Å². The quantitative estimate of drug-likeness (QED) is 0.600. The van der Waals surface area contributed by atoms with Crippen LogP contribution >= 0.6 is 0 Å². The van der Waals surface area contributed by atoms with Crippen LogP contribution in [0.1, 0.15) is 27.2 Å². The Bertz CT molecular complexity index is 268. The fraction of sp³-hybridized carbons (Fsp3) is 0.727. The maximum absolute atomic E-state index is 4.44. The summed E-state index contributed by atoms with van der Waals surface area (Å²) in [7, 11) is 0. The zero-order chi connectivity index (χ0) is 9.47. The number of nitrogens with one attached hydrogen (secondary N) is 1. The first kappa shape index (κ1) is 8.95. The van der Waals surface area contributed by atoms with Crippen LogP contribution in [0.5, 0.6) is 0 Å². The lowest BCUT2D eigenvalue weighted by Crippen LogP contribution is -2.47. The Labute approximate surface area is 80.1 Å². The second-order valence-electron chi connectivity index (χ2n) is 5.02. The van der Waals surface area contributed by atoms with Crippen molar-refractivity contribution in [3.63, 3.8) is 0 Å². The minimum atomic E-state index is 0.356. The van der Waals surface area contributed by atoms with E-state index < -0.39 is 0 Å². The zero-order valence-corrected chi connectivity index (χ0v) is 8.72. The van der Waals surface area contributed by atoms with Gasteiger partial charge in [-0.15, -0.1) is 0 Å². The SMILES string of the molecule is CC(C)(C)C1CC2=CCN=C2CN1. The molecule has 2 heterocycles. The summed E-state index contributed by atoms with van der Waals surface area (Å²) in [6.45, 7) is 8.75. The summed E-state index contributed by atoms with van der Waals surface area (Å²) in [5, 5.41) is 3.56. The summed E-state index contributed by atoms with van der Waals surface area (Å²) in [5.74, 6) is 0. The Kier molecular flexibility index (Phi) is 2.03. The molecule has 2 aliphatic rings. The topological polar surface area (TPSA) is 24.4 Å². The lowest BCUT2D eigenvalue weighted by Gasteiger charge is -2.35. The Hall–Kier alpha value is -0.630. The molecule has 0 aromatic carbocycles. The van der Waals surface area contributed by atoms with E-state index in [1.807, 2.05) is 0 Å². The van der Waals surface area contributed by atoms with Crippen molar-refractivity contribution in [2.24, 2.45) is 10.4 Å². The van der Waals surface area contributed by atoms with Gasteiger partial charge in [-0.2, -0.15) is 0 Å². The maximum atomic E-state index is 4.44. The second kappa shape index (κ2) is 2.95. The summed E-state index contributed by atoms with van der Waals surface area (Å²) >= 11 is 0. The predicted octanol–water partition coefficient (Wildman–Crippen LogP) is 1.78. The monoisotopic (exact) mass is 178 g/mol. The summed E-state index contributed by atoms with van der Waals surface area (Å²) in [6, 6.07) is 0.607. The summed E-state index contributed by atoms with van der Waals surface area (Å²) in [4.78, 5) is 4.44. The molecule has 2 heteroatoms. The van der Waals surface area contributed by atoms with Crippen LogP contribution < -0.4 is 5.32 Å². The molecule has 2 aliphatic heterocycles. The van der Waals surface area contributed by atoms with E-state index >= 15 is 0 Å². The van der Waals surface area contributed by atoms with Gasteiger partial charge in [0.15, 0.2) is 0 Å². The van der Waals surface area contributed by atoms with E-state index in [0.29, 0.717) is 11.5 Å². The van der Waals surface area contributed by atoms with E-state index in [1.165, 1.54) is 11.3 Å². The van der Waals surface area contributed by atoms with Crippen molar-refractivity contribution in [2.75, 3.05) is 13.1 Å².